The number of nitrogens with one attached hydrogen (secondary N) is 1. The number of hydrogen-bond donors (Lipinski definition) is 1. The maximum atomic E-state index is 13.0. The Bertz CT molecular complexity index is 939. The van der Waals surface area contributed by atoms with Crippen molar-refractivity contribution in [1.82, 2.24) is 25.1 Å². The Morgan fingerprint density at radius 2 is 1.60 bits per heavy atom. The summed E-state index contributed by atoms with van der Waals surface area (Å²) in [6.45, 7) is 11.5. The molecule has 0 radical (unpaired) electrons. The van der Waals surface area contributed by atoms with Gasteiger partial charge in [-0.05, 0) is 47.5 Å². The van der Waals surface area contributed by atoms with Crippen molar-refractivity contribution in [3.63, 3.8) is 0 Å². The van der Waals surface area contributed by atoms with E-state index < -0.39 is 17.3 Å². The number of aromatic nitrogens is 2. The highest BCUT2D eigenvalue weighted by atomic mass is 19.4. The van der Waals surface area contributed by atoms with Crippen LogP contribution in [0.15, 0.2) is 12.4 Å². The first-order valence-electron chi connectivity index (χ1n) is 11.9. The fourth-order valence-electron chi connectivity index (χ4n) is 5.33. The lowest BCUT2D eigenvalue weighted by molar-refractivity contribution is -0.138. The van der Waals surface area contributed by atoms with Gasteiger partial charge in [-0.25, -0.2) is 19.6 Å². The number of carbonyl (C=O) groups excluding carboxylic acids is 2. The minimum Gasteiger partial charge on any atom is -0.444 e. The van der Waals surface area contributed by atoms with Crippen LogP contribution >= 0.6 is 0 Å². The number of anilines is 1. The van der Waals surface area contributed by atoms with E-state index in [2.05, 4.69) is 15.3 Å². The average Bonchev–Trinajstić information content (AvgIpc) is 2.66. The summed E-state index contributed by atoms with van der Waals surface area (Å²) in [7, 11) is 0. The smallest absolute Gasteiger partial charge is 0.419 e. The van der Waals surface area contributed by atoms with Crippen LogP contribution in [0.5, 0.6) is 0 Å². The molecule has 2 atom stereocenters. The van der Waals surface area contributed by atoms with Gasteiger partial charge in [0, 0.05) is 62.1 Å². The first-order valence-corrected chi connectivity index (χ1v) is 11.9. The molecule has 2 aliphatic heterocycles. The molecular weight excluding hydrogens is 465 g/mol. The molecule has 0 unspecified atom stereocenters. The molecule has 1 N–H and O–H groups in total. The molecule has 1 spiro atoms. The second kappa shape index (κ2) is 8.70. The van der Waals surface area contributed by atoms with Crippen molar-refractivity contribution < 1.29 is 27.5 Å². The summed E-state index contributed by atoms with van der Waals surface area (Å²) in [6.07, 6.45) is -1.57. The molecule has 194 valence electrons. The third-order valence-corrected chi connectivity index (χ3v) is 6.79. The van der Waals surface area contributed by atoms with Gasteiger partial charge in [0.25, 0.3) is 0 Å². The highest BCUT2D eigenvalue weighted by Crippen LogP contribution is 2.48. The summed E-state index contributed by atoms with van der Waals surface area (Å²) in [6, 6.07) is -0.449. The van der Waals surface area contributed by atoms with Gasteiger partial charge >= 0.3 is 18.3 Å². The molecule has 1 aromatic rings. The van der Waals surface area contributed by atoms with E-state index in [4.69, 9.17) is 4.74 Å². The lowest BCUT2D eigenvalue weighted by Crippen LogP contribution is -2.69. The van der Waals surface area contributed by atoms with Gasteiger partial charge in [0.15, 0.2) is 0 Å². The van der Waals surface area contributed by atoms with Crippen molar-refractivity contribution in [2.45, 2.75) is 77.4 Å². The minimum absolute atomic E-state index is 0.0546. The normalized spacial score (nSPS) is 24.6. The van der Waals surface area contributed by atoms with E-state index in [0.29, 0.717) is 26.2 Å². The zero-order valence-electron chi connectivity index (χ0n) is 20.7. The fourth-order valence-corrected chi connectivity index (χ4v) is 5.33. The Morgan fingerprint density at radius 3 is 2.09 bits per heavy atom. The van der Waals surface area contributed by atoms with E-state index >= 15 is 0 Å². The van der Waals surface area contributed by atoms with Crippen LogP contribution in [0.25, 0.3) is 0 Å². The quantitative estimate of drug-likeness (QED) is 0.671. The van der Waals surface area contributed by atoms with Crippen molar-refractivity contribution in [3.05, 3.63) is 18.0 Å². The third kappa shape index (κ3) is 5.40. The molecule has 3 heterocycles. The molecule has 3 aliphatic rings. The summed E-state index contributed by atoms with van der Waals surface area (Å²) < 4.78 is 43.8. The van der Waals surface area contributed by atoms with Crippen LogP contribution in [-0.4, -0.2) is 81.8 Å². The standard InChI is InChI=1S/C23H33F3N6O3/c1-14-10-30(18-27-8-16(9-28-18)23(24,25)26)11-15(2)32(14)19(33)29-17-6-22(7-17)12-31(13-22)20(34)35-21(3,4)5/h8-9,14-15,17H,6-7,10-13H2,1-5H3,(H,29,33)/t14-,15+. The molecule has 35 heavy (non-hydrogen) atoms. The monoisotopic (exact) mass is 498 g/mol. The van der Waals surface area contributed by atoms with Gasteiger partial charge in [-0.2, -0.15) is 13.2 Å². The number of ether oxygens (including phenoxy) is 1. The second-order valence-electron chi connectivity index (χ2n) is 11.2. The Balaban J connectivity index is 1.25. The molecule has 2 saturated heterocycles. The van der Waals surface area contributed by atoms with Gasteiger partial charge in [0.1, 0.15) is 5.60 Å². The van der Waals surface area contributed by atoms with Gasteiger partial charge < -0.3 is 24.8 Å². The lowest BCUT2D eigenvalue weighted by atomic mass is 9.61. The highest BCUT2D eigenvalue weighted by Gasteiger charge is 2.55. The van der Waals surface area contributed by atoms with Crippen LogP contribution in [-0.2, 0) is 10.9 Å². The second-order valence-corrected chi connectivity index (χ2v) is 11.2. The summed E-state index contributed by atoms with van der Waals surface area (Å²) in [5, 5.41) is 3.11. The van der Waals surface area contributed by atoms with Crippen molar-refractivity contribution in [2.75, 3.05) is 31.1 Å². The van der Waals surface area contributed by atoms with Gasteiger partial charge in [0.2, 0.25) is 5.95 Å². The molecule has 1 saturated carbocycles. The number of hydrogen-bond acceptors (Lipinski definition) is 6. The Kier molecular flexibility index (Phi) is 6.29. The van der Waals surface area contributed by atoms with Crippen LogP contribution in [0, 0.1) is 5.41 Å². The van der Waals surface area contributed by atoms with E-state index in [1.54, 1.807) is 14.7 Å². The predicted molar refractivity (Wildman–Crippen MR) is 122 cm³/mol. The lowest BCUT2D eigenvalue weighted by Gasteiger charge is -2.59. The van der Waals surface area contributed by atoms with Crippen LogP contribution in [0.4, 0.5) is 28.7 Å². The van der Waals surface area contributed by atoms with E-state index in [0.717, 1.165) is 25.2 Å². The molecule has 9 nitrogen and oxygen atoms in total. The molecule has 3 amide bonds. The zero-order chi connectivity index (χ0) is 25.8. The van der Waals surface area contributed by atoms with E-state index in [1.807, 2.05) is 34.6 Å². The Hall–Kier alpha value is -2.79. The van der Waals surface area contributed by atoms with Crippen LogP contribution < -0.4 is 10.2 Å². The third-order valence-electron chi connectivity index (χ3n) is 6.79. The molecule has 1 aliphatic carbocycles. The molecule has 0 bridgehead atoms. The zero-order valence-corrected chi connectivity index (χ0v) is 20.7. The van der Waals surface area contributed by atoms with Crippen molar-refractivity contribution in [2.24, 2.45) is 5.41 Å². The Labute approximate surface area is 203 Å². The minimum atomic E-state index is -4.48. The molecule has 12 heteroatoms. The molecule has 0 aromatic carbocycles. The summed E-state index contributed by atoms with van der Waals surface area (Å²) in [4.78, 5) is 38.2. The van der Waals surface area contributed by atoms with Gasteiger partial charge in [-0.3, -0.25) is 0 Å². The largest absolute Gasteiger partial charge is 0.444 e. The van der Waals surface area contributed by atoms with E-state index in [1.165, 1.54) is 0 Å². The van der Waals surface area contributed by atoms with Crippen LogP contribution in [0.2, 0.25) is 0 Å². The average molecular weight is 499 g/mol. The number of halogens is 3. The van der Waals surface area contributed by atoms with Crippen LogP contribution in [0.1, 0.15) is 53.0 Å². The maximum Gasteiger partial charge on any atom is 0.419 e. The Morgan fingerprint density at radius 1 is 1.06 bits per heavy atom. The van der Waals surface area contributed by atoms with Gasteiger partial charge in [-0.15, -0.1) is 0 Å². The molecule has 4 rings (SSSR count). The number of alkyl halides is 3. The first-order chi connectivity index (χ1) is 16.2. The summed E-state index contributed by atoms with van der Waals surface area (Å²) >= 11 is 0. The summed E-state index contributed by atoms with van der Waals surface area (Å²) in [5.41, 5.74) is -1.35. The van der Waals surface area contributed by atoms with Crippen molar-refractivity contribution in [1.29, 1.82) is 0 Å². The molecule has 1 aromatic heterocycles. The highest BCUT2D eigenvalue weighted by molar-refractivity contribution is 5.76. The van der Waals surface area contributed by atoms with Gasteiger partial charge in [-0.1, -0.05) is 0 Å². The van der Waals surface area contributed by atoms with Crippen LogP contribution in [0.3, 0.4) is 0 Å². The molecular formula is C23H33F3N6O3. The number of carbonyl (C=O) groups is 2. The number of rotatable bonds is 2. The fraction of sp³-hybridized carbons (Fsp3) is 0.739. The van der Waals surface area contributed by atoms with E-state index in [9.17, 15) is 22.8 Å². The summed E-state index contributed by atoms with van der Waals surface area (Å²) in [5.74, 6) is 0.220. The number of nitrogens with zero attached hydrogens (tertiary/aromatic N) is 5. The number of urea groups is 1. The number of likely N-dealkylation sites (tertiary alicyclic amines) is 1. The first kappa shape index (κ1) is 25.3. The predicted octanol–water partition coefficient (Wildman–Crippen LogP) is 3.50. The van der Waals surface area contributed by atoms with Crippen molar-refractivity contribution in [3.8, 4) is 0 Å². The number of piperazine rings is 1. The number of amides is 3. The van der Waals surface area contributed by atoms with E-state index in [-0.39, 0.29) is 41.6 Å². The van der Waals surface area contributed by atoms with Crippen molar-refractivity contribution >= 4 is 18.1 Å². The molecule has 3 fully saturated rings. The van der Waals surface area contributed by atoms with Gasteiger partial charge in [0.05, 0.1) is 5.56 Å². The topological polar surface area (TPSA) is 90.9 Å². The SMILES string of the molecule is C[C@@H]1CN(c2ncc(C(F)(F)F)cn2)C[C@H](C)N1C(=O)NC1CC2(C1)CN(C(=O)OC(C)(C)C)C2. The maximum absolute atomic E-state index is 13.0.